The van der Waals surface area contributed by atoms with E-state index in [2.05, 4.69) is 30.9 Å². The number of pyridine rings is 1. The molecule has 0 atom stereocenters. The summed E-state index contributed by atoms with van der Waals surface area (Å²) in [7, 11) is 0. The van der Waals surface area contributed by atoms with Gasteiger partial charge in [-0.1, -0.05) is 18.2 Å². The first-order chi connectivity index (χ1) is 9.59. The molecular weight excluding hydrogens is 250 g/mol. The van der Waals surface area contributed by atoms with Crippen molar-refractivity contribution in [1.82, 2.24) is 4.98 Å². The summed E-state index contributed by atoms with van der Waals surface area (Å²) in [4.78, 5) is 7.12. The number of para-hydroxylation sites is 1. The van der Waals surface area contributed by atoms with E-state index >= 15 is 0 Å². The number of fused-ring (bicyclic) bond motifs is 1. The van der Waals surface area contributed by atoms with E-state index in [1.807, 2.05) is 18.2 Å². The van der Waals surface area contributed by atoms with Crippen LogP contribution in [0.5, 0.6) is 0 Å². The molecule has 0 unspecified atom stereocenters. The number of hydrogen-bond donors (Lipinski definition) is 1. The number of anilines is 1. The van der Waals surface area contributed by atoms with Crippen molar-refractivity contribution < 1.29 is 4.74 Å². The largest absolute Gasteiger partial charge is 0.372 e. The molecule has 0 amide bonds. The third kappa shape index (κ3) is 2.49. The molecule has 20 heavy (non-hydrogen) atoms. The fraction of sp³-hybridized carbons (Fsp3) is 0.438. The van der Waals surface area contributed by atoms with Gasteiger partial charge in [-0.05, 0) is 26.0 Å². The van der Waals surface area contributed by atoms with Crippen LogP contribution in [0.1, 0.15) is 19.4 Å². The van der Waals surface area contributed by atoms with Gasteiger partial charge in [0.1, 0.15) is 5.82 Å². The van der Waals surface area contributed by atoms with Crippen LogP contribution >= 0.6 is 0 Å². The summed E-state index contributed by atoms with van der Waals surface area (Å²) in [6, 6.07) is 10.3. The lowest BCUT2D eigenvalue weighted by atomic mass is 10.1. The molecule has 4 nitrogen and oxygen atoms in total. The van der Waals surface area contributed by atoms with Crippen LogP contribution < -0.4 is 10.6 Å². The molecule has 1 fully saturated rings. The molecule has 3 rings (SSSR count). The van der Waals surface area contributed by atoms with Crippen molar-refractivity contribution >= 4 is 16.7 Å². The van der Waals surface area contributed by atoms with Crippen LogP contribution in [-0.2, 0) is 11.3 Å². The fourth-order valence-electron chi connectivity index (χ4n) is 2.77. The van der Waals surface area contributed by atoms with Gasteiger partial charge in [0.2, 0.25) is 0 Å². The molecule has 2 heterocycles. The van der Waals surface area contributed by atoms with Gasteiger partial charge in [0.25, 0.3) is 0 Å². The van der Waals surface area contributed by atoms with Crippen molar-refractivity contribution in [3.63, 3.8) is 0 Å². The lowest BCUT2D eigenvalue weighted by molar-refractivity contribution is -0.0279. The van der Waals surface area contributed by atoms with E-state index in [1.165, 1.54) is 0 Å². The van der Waals surface area contributed by atoms with Crippen molar-refractivity contribution in [3.05, 3.63) is 35.9 Å². The first-order valence-corrected chi connectivity index (χ1v) is 7.07. The molecule has 0 spiro atoms. The highest BCUT2D eigenvalue weighted by Crippen LogP contribution is 2.27. The smallest absolute Gasteiger partial charge is 0.133 e. The van der Waals surface area contributed by atoms with Crippen molar-refractivity contribution in [2.45, 2.75) is 26.0 Å². The van der Waals surface area contributed by atoms with Crippen molar-refractivity contribution in [3.8, 4) is 0 Å². The molecule has 1 aromatic carbocycles. The lowest BCUT2D eigenvalue weighted by Gasteiger charge is -2.39. The third-order valence-corrected chi connectivity index (χ3v) is 3.73. The van der Waals surface area contributed by atoms with E-state index in [0.29, 0.717) is 6.54 Å². The molecule has 0 aliphatic carbocycles. The second kappa shape index (κ2) is 5.04. The maximum Gasteiger partial charge on any atom is 0.133 e. The predicted octanol–water partition coefficient (Wildman–Crippen LogP) is 2.31. The van der Waals surface area contributed by atoms with Gasteiger partial charge < -0.3 is 15.4 Å². The number of hydrogen-bond acceptors (Lipinski definition) is 4. The Bertz CT molecular complexity index is 624. The third-order valence-electron chi connectivity index (χ3n) is 3.73. The zero-order chi connectivity index (χ0) is 14.2. The minimum atomic E-state index is -0.141. The zero-order valence-corrected chi connectivity index (χ0v) is 12.1. The van der Waals surface area contributed by atoms with E-state index in [4.69, 9.17) is 15.5 Å². The van der Waals surface area contributed by atoms with Gasteiger partial charge in [-0.2, -0.15) is 0 Å². The summed E-state index contributed by atoms with van der Waals surface area (Å²) in [6.45, 7) is 7.16. The summed E-state index contributed by atoms with van der Waals surface area (Å²) < 4.78 is 5.78. The molecule has 1 aliphatic rings. The minimum absolute atomic E-state index is 0.141. The van der Waals surface area contributed by atoms with Crippen molar-refractivity contribution in [2.24, 2.45) is 5.73 Å². The summed E-state index contributed by atoms with van der Waals surface area (Å²) in [5, 5.41) is 1.14. The van der Waals surface area contributed by atoms with E-state index in [9.17, 15) is 0 Å². The predicted molar refractivity (Wildman–Crippen MR) is 81.9 cm³/mol. The molecule has 1 aromatic heterocycles. The van der Waals surface area contributed by atoms with Gasteiger partial charge >= 0.3 is 0 Å². The quantitative estimate of drug-likeness (QED) is 0.910. The van der Waals surface area contributed by atoms with Gasteiger partial charge in [0.15, 0.2) is 0 Å². The molecule has 4 heteroatoms. The number of nitrogens with zero attached hydrogens (tertiary/aromatic N) is 2. The van der Waals surface area contributed by atoms with Crippen LogP contribution in [0, 0.1) is 0 Å². The molecule has 2 N–H and O–H groups in total. The number of benzene rings is 1. The molecule has 0 radical (unpaired) electrons. The molecule has 106 valence electrons. The monoisotopic (exact) mass is 271 g/mol. The van der Waals surface area contributed by atoms with Crippen LogP contribution in [0.2, 0.25) is 0 Å². The van der Waals surface area contributed by atoms with E-state index in [0.717, 1.165) is 42.0 Å². The molecule has 1 saturated heterocycles. The Morgan fingerprint density at radius 2 is 2.15 bits per heavy atom. The van der Waals surface area contributed by atoms with Crippen LogP contribution in [0.3, 0.4) is 0 Å². The molecule has 2 aromatic rings. The molecule has 0 bridgehead atoms. The Hall–Kier alpha value is -1.65. The van der Waals surface area contributed by atoms with Crippen LogP contribution in [0.4, 0.5) is 5.82 Å². The summed E-state index contributed by atoms with van der Waals surface area (Å²) >= 11 is 0. The van der Waals surface area contributed by atoms with Crippen molar-refractivity contribution in [2.75, 3.05) is 24.6 Å². The molecule has 1 aliphatic heterocycles. The van der Waals surface area contributed by atoms with Gasteiger partial charge in [-0.25, -0.2) is 4.98 Å². The maximum atomic E-state index is 5.92. The Morgan fingerprint density at radius 3 is 2.90 bits per heavy atom. The fourth-order valence-corrected chi connectivity index (χ4v) is 2.77. The summed E-state index contributed by atoms with van der Waals surface area (Å²) in [5.41, 5.74) is 7.89. The number of rotatable bonds is 2. The topological polar surface area (TPSA) is 51.4 Å². The normalized spacial score (nSPS) is 18.4. The van der Waals surface area contributed by atoms with Gasteiger partial charge in [0.05, 0.1) is 17.7 Å². The SMILES string of the molecule is CC1(C)CN(c2nc3ccccc3cc2CN)CCO1. The number of aromatic nitrogens is 1. The highest BCUT2D eigenvalue weighted by atomic mass is 16.5. The molecular formula is C16H21N3O. The first-order valence-electron chi connectivity index (χ1n) is 7.07. The second-order valence-corrected chi connectivity index (χ2v) is 5.90. The average Bonchev–Trinajstić information content (AvgIpc) is 2.44. The maximum absolute atomic E-state index is 5.92. The standard InChI is InChI=1S/C16H21N3O/c1-16(2)11-19(7-8-20-16)15-13(10-17)9-12-5-3-4-6-14(12)18-15/h3-6,9H,7-8,10-11,17H2,1-2H3. The Kier molecular flexibility index (Phi) is 3.36. The highest BCUT2D eigenvalue weighted by molar-refractivity contribution is 5.81. The highest BCUT2D eigenvalue weighted by Gasteiger charge is 2.29. The first kappa shape index (κ1) is 13.3. The number of nitrogens with two attached hydrogens (primary N) is 1. The van der Waals surface area contributed by atoms with Gasteiger partial charge in [0, 0.05) is 30.6 Å². The minimum Gasteiger partial charge on any atom is -0.372 e. The zero-order valence-electron chi connectivity index (χ0n) is 12.1. The Morgan fingerprint density at radius 1 is 1.35 bits per heavy atom. The van der Waals surface area contributed by atoms with E-state index < -0.39 is 0 Å². The Labute approximate surface area is 119 Å². The van der Waals surface area contributed by atoms with Gasteiger partial charge in [-0.15, -0.1) is 0 Å². The van der Waals surface area contributed by atoms with E-state index in [-0.39, 0.29) is 5.60 Å². The number of morpholine rings is 1. The molecule has 0 saturated carbocycles. The summed E-state index contributed by atoms with van der Waals surface area (Å²) in [6.07, 6.45) is 0. The van der Waals surface area contributed by atoms with Crippen LogP contribution in [0.15, 0.2) is 30.3 Å². The summed E-state index contributed by atoms with van der Waals surface area (Å²) in [5.74, 6) is 1.00. The van der Waals surface area contributed by atoms with E-state index in [1.54, 1.807) is 0 Å². The average molecular weight is 271 g/mol. The van der Waals surface area contributed by atoms with Crippen molar-refractivity contribution in [1.29, 1.82) is 0 Å². The Balaban J connectivity index is 2.05. The van der Waals surface area contributed by atoms with Gasteiger partial charge in [-0.3, -0.25) is 0 Å². The second-order valence-electron chi connectivity index (χ2n) is 5.90. The lowest BCUT2D eigenvalue weighted by Crippen LogP contribution is -2.49. The van der Waals surface area contributed by atoms with Crippen LogP contribution in [-0.4, -0.2) is 30.3 Å². The number of ether oxygens (including phenoxy) is 1. The van der Waals surface area contributed by atoms with Crippen LogP contribution in [0.25, 0.3) is 10.9 Å².